The molecule has 0 aliphatic carbocycles. The standard InChI is InChI=1S/C11H11F3O2/c1-6(2)9(15)7-4-3-5-8(10(7)16)11(12,13)14/h3-6,16H,1-2H3. The molecule has 0 bridgehead atoms. The van der Waals surface area contributed by atoms with E-state index >= 15 is 0 Å². The van der Waals surface area contributed by atoms with Crippen molar-refractivity contribution in [1.82, 2.24) is 0 Å². The Kier molecular flexibility index (Phi) is 3.26. The Morgan fingerprint density at radius 3 is 2.31 bits per heavy atom. The van der Waals surface area contributed by atoms with Gasteiger partial charge in [-0.3, -0.25) is 4.79 Å². The van der Waals surface area contributed by atoms with Gasteiger partial charge in [-0.2, -0.15) is 13.2 Å². The largest absolute Gasteiger partial charge is 0.507 e. The Balaban J connectivity index is 3.30. The van der Waals surface area contributed by atoms with Crippen LogP contribution in [-0.2, 0) is 6.18 Å². The first-order chi connectivity index (χ1) is 7.25. The molecule has 0 saturated carbocycles. The van der Waals surface area contributed by atoms with E-state index in [1.54, 1.807) is 13.8 Å². The summed E-state index contributed by atoms with van der Waals surface area (Å²) in [5.74, 6) is -1.97. The third-order valence-corrected chi connectivity index (χ3v) is 2.13. The van der Waals surface area contributed by atoms with Gasteiger partial charge in [0.25, 0.3) is 0 Å². The molecule has 1 N–H and O–H groups in total. The van der Waals surface area contributed by atoms with E-state index in [4.69, 9.17) is 0 Å². The Morgan fingerprint density at radius 2 is 1.88 bits per heavy atom. The van der Waals surface area contributed by atoms with Crippen molar-refractivity contribution in [3.63, 3.8) is 0 Å². The molecule has 1 aromatic rings. The zero-order chi connectivity index (χ0) is 12.5. The second-order valence-electron chi connectivity index (χ2n) is 3.72. The molecule has 0 heterocycles. The van der Waals surface area contributed by atoms with E-state index in [0.29, 0.717) is 0 Å². The summed E-state index contributed by atoms with van der Waals surface area (Å²) in [6.07, 6.45) is -4.66. The van der Waals surface area contributed by atoms with Crippen molar-refractivity contribution < 1.29 is 23.1 Å². The Labute approximate surface area is 90.7 Å². The molecule has 1 aromatic carbocycles. The van der Waals surface area contributed by atoms with E-state index in [2.05, 4.69) is 0 Å². The average Bonchev–Trinajstić information content (AvgIpc) is 2.15. The number of benzene rings is 1. The number of aromatic hydroxyl groups is 1. The number of rotatable bonds is 2. The van der Waals surface area contributed by atoms with Gasteiger partial charge in [0.05, 0.1) is 11.1 Å². The van der Waals surface area contributed by atoms with Gasteiger partial charge in [-0.15, -0.1) is 0 Å². The van der Waals surface area contributed by atoms with Crippen LogP contribution in [0.1, 0.15) is 29.8 Å². The van der Waals surface area contributed by atoms with E-state index in [1.165, 1.54) is 6.07 Å². The predicted molar refractivity (Wildman–Crippen MR) is 52.3 cm³/mol. The van der Waals surface area contributed by atoms with Crippen LogP contribution in [0.15, 0.2) is 18.2 Å². The highest BCUT2D eigenvalue weighted by Crippen LogP contribution is 2.37. The van der Waals surface area contributed by atoms with E-state index in [9.17, 15) is 23.1 Å². The monoisotopic (exact) mass is 232 g/mol. The van der Waals surface area contributed by atoms with Gasteiger partial charge in [0.15, 0.2) is 5.78 Å². The number of ketones is 1. The van der Waals surface area contributed by atoms with Gasteiger partial charge in [-0.1, -0.05) is 19.9 Å². The summed E-state index contributed by atoms with van der Waals surface area (Å²) in [4.78, 5) is 11.5. The van der Waals surface area contributed by atoms with Gasteiger partial charge in [0.1, 0.15) is 5.75 Å². The van der Waals surface area contributed by atoms with Crippen LogP contribution in [0.4, 0.5) is 13.2 Å². The molecule has 0 atom stereocenters. The van der Waals surface area contributed by atoms with Crippen LogP contribution in [0, 0.1) is 5.92 Å². The number of carbonyl (C=O) groups is 1. The number of alkyl halides is 3. The third-order valence-electron chi connectivity index (χ3n) is 2.13. The molecule has 16 heavy (non-hydrogen) atoms. The molecule has 0 spiro atoms. The Morgan fingerprint density at radius 1 is 1.31 bits per heavy atom. The van der Waals surface area contributed by atoms with E-state index in [0.717, 1.165) is 12.1 Å². The first-order valence-electron chi connectivity index (χ1n) is 4.68. The molecule has 0 amide bonds. The molecule has 2 nitrogen and oxygen atoms in total. The quantitative estimate of drug-likeness (QED) is 0.794. The fraction of sp³-hybridized carbons (Fsp3) is 0.364. The van der Waals surface area contributed by atoms with Gasteiger partial charge in [0.2, 0.25) is 0 Å². The van der Waals surface area contributed by atoms with Crippen LogP contribution < -0.4 is 0 Å². The van der Waals surface area contributed by atoms with Crippen LogP contribution in [0.25, 0.3) is 0 Å². The summed E-state index contributed by atoms with van der Waals surface area (Å²) < 4.78 is 37.3. The molecule has 0 aromatic heterocycles. The lowest BCUT2D eigenvalue weighted by atomic mass is 9.98. The molecule has 1 rings (SSSR count). The summed E-state index contributed by atoms with van der Waals surface area (Å²) >= 11 is 0. The van der Waals surface area contributed by atoms with Crippen LogP contribution in [0.3, 0.4) is 0 Å². The number of carbonyl (C=O) groups excluding carboxylic acids is 1. The second-order valence-corrected chi connectivity index (χ2v) is 3.72. The molecule has 0 fully saturated rings. The molecule has 0 aliphatic rings. The normalized spacial score (nSPS) is 11.9. The van der Waals surface area contributed by atoms with Crippen molar-refractivity contribution in [2.75, 3.05) is 0 Å². The third kappa shape index (κ3) is 2.35. The maximum Gasteiger partial charge on any atom is 0.419 e. The van der Waals surface area contributed by atoms with Crippen LogP contribution in [-0.4, -0.2) is 10.9 Å². The molecule has 0 saturated heterocycles. The molecular weight excluding hydrogens is 221 g/mol. The van der Waals surface area contributed by atoms with Gasteiger partial charge >= 0.3 is 6.18 Å². The lowest BCUT2D eigenvalue weighted by molar-refractivity contribution is -0.138. The van der Waals surface area contributed by atoms with Crippen LogP contribution >= 0.6 is 0 Å². The minimum atomic E-state index is -4.66. The number of halogens is 3. The highest BCUT2D eigenvalue weighted by atomic mass is 19.4. The van der Waals surface area contributed by atoms with Crippen molar-refractivity contribution >= 4 is 5.78 Å². The average molecular weight is 232 g/mol. The molecule has 5 heteroatoms. The maximum atomic E-state index is 12.4. The molecule has 0 unspecified atom stereocenters. The number of hydrogen-bond donors (Lipinski definition) is 1. The second kappa shape index (κ2) is 4.15. The van der Waals surface area contributed by atoms with Crippen molar-refractivity contribution in [3.05, 3.63) is 29.3 Å². The van der Waals surface area contributed by atoms with E-state index in [1.807, 2.05) is 0 Å². The number of phenols is 1. The summed E-state index contributed by atoms with van der Waals surface area (Å²) in [7, 11) is 0. The Bertz CT molecular complexity index is 408. The van der Waals surface area contributed by atoms with Gasteiger partial charge < -0.3 is 5.11 Å². The number of Topliss-reactive ketones (excluding diaryl/α,β-unsaturated/α-hetero) is 1. The number of para-hydroxylation sites is 1. The molecule has 0 aliphatic heterocycles. The van der Waals surface area contributed by atoms with Gasteiger partial charge in [0, 0.05) is 5.92 Å². The van der Waals surface area contributed by atoms with Crippen LogP contribution in [0.5, 0.6) is 5.75 Å². The highest BCUT2D eigenvalue weighted by molar-refractivity contribution is 6.00. The number of hydrogen-bond acceptors (Lipinski definition) is 2. The summed E-state index contributed by atoms with van der Waals surface area (Å²) in [6, 6.07) is 3.04. The lowest BCUT2D eigenvalue weighted by Gasteiger charge is -2.12. The Hall–Kier alpha value is -1.52. The molecular formula is C11H11F3O2. The first-order valence-corrected chi connectivity index (χ1v) is 4.68. The van der Waals surface area contributed by atoms with Crippen molar-refractivity contribution in [3.8, 4) is 5.75 Å². The fourth-order valence-electron chi connectivity index (χ4n) is 1.28. The summed E-state index contributed by atoms with van der Waals surface area (Å²) in [5.41, 5.74) is -1.47. The zero-order valence-electron chi connectivity index (χ0n) is 8.80. The van der Waals surface area contributed by atoms with Crippen LogP contribution in [0.2, 0.25) is 0 Å². The fourth-order valence-corrected chi connectivity index (χ4v) is 1.28. The summed E-state index contributed by atoms with van der Waals surface area (Å²) in [5, 5.41) is 9.40. The van der Waals surface area contributed by atoms with Crippen molar-refractivity contribution in [2.45, 2.75) is 20.0 Å². The minimum absolute atomic E-state index is 0.287. The van der Waals surface area contributed by atoms with Gasteiger partial charge in [-0.25, -0.2) is 0 Å². The molecule has 88 valence electrons. The van der Waals surface area contributed by atoms with E-state index in [-0.39, 0.29) is 5.56 Å². The highest BCUT2D eigenvalue weighted by Gasteiger charge is 2.35. The maximum absolute atomic E-state index is 12.4. The van der Waals surface area contributed by atoms with Crippen molar-refractivity contribution in [1.29, 1.82) is 0 Å². The summed E-state index contributed by atoms with van der Waals surface area (Å²) in [6.45, 7) is 3.12. The number of phenolic OH excluding ortho intramolecular Hbond substituents is 1. The topological polar surface area (TPSA) is 37.3 Å². The van der Waals surface area contributed by atoms with E-state index < -0.39 is 29.2 Å². The first kappa shape index (κ1) is 12.5. The predicted octanol–water partition coefficient (Wildman–Crippen LogP) is 3.25. The molecule has 0 radical (unpaired) electrons. The minimum Gasteiger partial charge on any atom is -0.507 e. The smallest absolute Gasteiger partial charge is 0.419 e. The lowest BCUT2D eigenvalue weighted by Crippen LogP contribution is -2.11. The van der Waals surface area contributed by atoms with Gasteiger partial charge in [-0.05, 0) is 12.1 Å². The van der Waals surface area contributed by atoms with Crippen molar-refractivity contribution in [2.24, 2.45) is 5.92 Å². The SMILES string of the molecule is CC(C)C(=O)c1cccc(C(F)(F)F)c1O. The zero-order valence-corrected chi connectivity index (χ0v) is 8.80.